The van der Waals surface area contributed by atoms with Gasteiger partial charge in [0.1, 0.15) is 5.82 Å². The van der Waals surface area contributed by atoms with Crippen LogP contribution in [0.3, 0.4) is 0 Å². The van der Waals surface area contributed by atoms with Gasteiger partial charge in [0.05, 0.1) is 24.2 Å². The van der Waals surface area contributed by atoms with Gasteiger partial charge < -0.3 is 14.9 Å². The molecule has 0 aliphatic rings. The number of hydrogen-bond donors (Lipinski definition) is 0. The van der Waals surface area contributed by atoms with E-state index in [1.165, 1.54) is 6.92 Å². The fraction of sp³-hybridized carbons (Fsp3) is 0.400. The van der Waals surface area contributed by atoms with Crippen molar-refractivity contribution in [1.82, 2.24) is 4.98 Å². The number of nitrogens with zero attached hydrogens (tertiary/aromatic N) is 2. The molecule has 0 aromatic carbocycles. The van der Waals surface area contributed by atoms with Crippen LogP contribution in [0.1, 0.15) is 24.5 Å². The molecule has 19 heavy (non-hydrogen) atoms. The van der Waals surface area contributed by atoms with E-state index in [4.69, 9.17) is 0 Å². The number of esters is 1. The molecule has 1 aromatic heterocycles. The third-order valence-corrected chi connectivity index (χ3v) is 2.15. The van der Waals surface area contributed by atoms with Crippen LogP contribution >= 0.6 is 0 Å². The number of pyridine rings is 1. The average molecular weight is 278 g/mol. The molecule has 0 unspecified atom stereocenters. The van der Waals surface area contributed by atoms with E-state index in [-0.39, 0.29) is 6.61 Å². The van der Waals surface area contributed by atoms with Crippen molar-refractivity contribution in [2.75, 3.05) is 6.61 Å². The highest BCUT2D eigenvalue weighted by Gasteiger charge is 2.29. The molecule has 0 aliphatic heterocycles. The lowest BCUT2D eigenvalue weighted by atomic mass is 10.1. The summed E-state index contributed by atoms with van der Waals surface area (Å²) in [5.74, 6) is -3.45. The number of alkyl halides is 2. The van der Waals surface area contributed by atoms with E-state index < -0.39 is 46.5 Å². The molecule has 0 fully saturated rings. The van der Waals surface area contributed by atoms with Crippen molar-refractivity contribution < 1.29 is 27.6 Å². The molecule has 1 heterocycles. The summed E-state index contributed by atoms with van der Waals surface area (Å²) in [7, 11) is 0. The van der Waals surface area contributed by atoms with Crippen LogP contribution < -0.4 is 0 Å². The highest BCUT2D eigenvalue weighted by Crippen LogP contribution is 2.28. The molecule has 1 aromatic rings. The second-order valence-electron chi connectivity index (χ2n) is 3.37. The summed E-state index contributed by atoms with van der Waals surface area (Å²) in [4.78, 5) is 23.9. The normalized spacial score (nSPS) is 10.6. The van der Waals surface area contributed by atoms with Gasteiger partial charge in [0.15, 0.2) is 6.20 Å². The highest BCUT2D eigenvalue weighted by molar-refractivity contribution is 5.74. The lowest BCUT2D eigenvalue weighted by Gasteiger charge is -2.07. The Morgan fingerprint density at radius 1 is 1.58 bits per heavy atom. The third-order valence-electron chi connectivity index (χ3n) is 2.15. The second-order valence-corrected chi connectivity index (χ2v) is 3.37. The first-order valence-corrected chi connectivity index (χ1v) is 5.13. The predicted octanol–water partition coefficient (Wildman–Crippen LogP) is 2.17. The maximum absolute atomic E-state index is 13.7. The molecule has 0 amide bonds. The van der Waals surface area contributed by atoms with Crippen LogP contribution in [0.4, 0.5) is 19.0 Å². The molecule has 0 spiro atoms. The van der Waals surface area contributed by atoms with Crippen LogP contribution in [0.2, 0.25) is 0 Å². The van der Waals surface area contributed by atoms with Crippen LogP contribution in [-0.4, -0.2) is 22.5 Å². The number of carbonyl (C=O) groups excluding carboxylic acids is 1. The molecule has 0 bridgehead atoms. The van der Waals surface area contributed by atoms with Crippen molar-refractivity contribution in [2.45, 2.75) is 19.8 Å². The monoisotopic (exact) mass is 278 g/mol. The Balaban J connectivity index is 3.26. The minimum atomic E-state index is -3.19. The van der Waals surface area contributed by atoms with Crippen LogP contribution in [0.5, 0.6) is 0 Å². The lowest BCUT2D eigenvalue weighted by molar-refractivity contribution is -0.390. The molecule has 0 radical (unpaired) electrons. The van der Waals surface area contributed by atoms with Crippen molar-refractivity contribution in [2.24, 2.45) is 0 Å². The van der Waals surface area contributed by atoms with Gasteiger partial charge in [0.2, 0.25) is 0 Å². The minimum Gasteiger partial charge on any atom is -0.466 e. The topological polar surface area (TPSA) is 82.3 Å². The SMILES string of the molecule is CCOC(=O)Cc1c([N+](=O)[O-])ncc(C(F)F)c1F. The fourth-order valence-corrected chi connectivity index (χ4v) is 1.36. The molecule has 1 rings (SSSR count). The van der Waals surface area contributed by atoms with E-state index in [9.17, 15) is 28.1 Å². The van der Waals surface area contributed by atoms with E-state index in [1.807, 2.05) is 0 Å². The quantitative estimate of drug-likeness (QED) is 0.468. The number of carbonyl (C=O) groups is 1. The van der Waals surface area contributed by atoms with Crippen LogP contribution in [0, 0.1) is 15.9 Å². The molecule has 9 heteroatoms. The number of hydrogen-bond acceptors (Lipinski definition) is 5. The minimum absolute atomic E-state index is 0.0176. The highest BCUT2D eigenvalue weighted by atomic mass is 19.3. The zero-order chi connectivity index (χ0) is 14.6. The number of aromatic nitrogens is 1. The first-order chi connectivity index (χ1) is 8.88. The van der Waals surface area contributed by atoms with Gasteiger partial charge >= 0.3 is 11.8 Å². The maximum Gasteiger partial charge on any atom is 0.370 e. The summed E-state index contributed by atoms with van der Waals surface area (Å²) >= 11 is 0. The largest absolute Gasteiger partial charge is 0.466 e. The van der Waals surface area contributed by atoms with Crippen LogP contribution in [0.15, 0.2) is 6.20 Å². The van der Waals surface area contributed by atoms with Gasteiger partial charge in [-0.2, -0.15) is 0 Å². The number of ether oxygens (including phenoxy) is 1. The summed E-state index contributed by atoms with van der Waals surface area (Å²) in [6.07, 6.45) is -3.63. The van der Waals surface area contributed by atoms with Crippen molar-refractivity contribution >= 4 is 11.8 Å². The number of rotatable bonds is 5. The standard InChI is InChI=1S/C10H9F3N2O4/c1-2-19-7(16)3-5-8(11)6(9(12)13)4-14-10(5)15(17)18/h4,9H,2-3H2,1H3. The smallest absolute Gasteiger partial charge is 0.370 e. The first-order valence-electron chi connectivity index (χ1n) is 5.13. The molecular formula is C10H9F3N2O4. The van der Waals surface area contributed by atoms with Crippen molar-refractivity contribution in [3.8, 4) is 0 Å². The van der Waals surface area contributed by atoms with Crippen LogP contribution in [-0.2, 0) is 16.0 Å². The Labute approximate surface area is 105 Å². The summed E-state index contributed by atoms with van der Waals surface area (Å²) in [5, 5.41) is 10.6. The second kappa shape index (κ2) is 6.12. The van der Waals surface area contributed by atoms with Crippen LogP contribution in [0.25, 0.3) is 0 Å². The fourth-order valence-electron chi connectivity index (χ4n) is 1.36. The molecule has 0 N–H and O–H groups in total. The summed E-state index contributed by atoms with van der Waals surface area (Å²) in [5.41, 5.74) is -1.90. The number of nitro groups is 1. The Morgan fingerprint density at radius 3 is 2.68 bits per heavy atom. The van der Waals surface area contributed by atoms with Gasteiger partial charge in [-0.1, -0.05) is 0 Å². The zero-order valence-electron chi connectivity index (χ0n) is 9.73. The molecule has 0 saturated heterocycles. The Hall–Kier alpha value is -2.19. The molecule has 104 valence electrons. The van der Waals surface area contributed by atoms with E-state index in [2.05, 4.69) is 9.72 Å². The molecule has 6 nitrogen and oxygen atoms in total. The first kappa shape index (κ1) is 14.9. The van der Waals surface area contributed by atoms with Gasteiger partial charge in [-0.25, -0.2) is 13.2 Å². The van der Waals surface area contributed by atoms with E-state index in [0.717, 1.165) is 0 Å². The van der Waals surface area contributed by atoms with E-state index in [0.29, 0.717) is 6.20 Å². The summed E-state index contributed by atoms with van der Waals surface area (Å²) in [6, 6.07) is 0. The average Bonchev–Trinajstić information content (AvgIpc) is 2.31. The molecule has 0 atom stereocenters. The maximum atomic E-state index is 13.7. The van der Waals surface area contributed by atoms with E-state index in [1.54, 1.807) is 0 Å². The lowest BCUT2D eigenvalue weighted by Crippen LogP contribution is -2.13. The summed E-state index contributed by atoms with van der Waals surface area (Å²) < 4.78 is 43.1. The Morgan fingerprint density at radius 2 is 2.21 bits per heavy atom. The van der Waals surface area contributed by atoms with Crippen molar-refractivity contribution in [3.05, 3.63) is 33.3 Å². The van der Waals surface area contributed by atoms with E-state index >= 15 is 0 Å². The zero-order valence-corrected chi connectivity index (χ0v) is 9.73. The Bertz CT molecular complexity index is 508. The van der Waals surface area contributed by atoms with Crippen molar-refractivity contribution in [3.63, 3.8) is 0 Å². The summed E-state index contributed by atoms with van der Waals surface area (Å²) in [6.45, 7) is 1.46. The third kappa shape index (κ3) is 3.39. The van der Waals surface area contributed by atoms with Gasteiger partial charge in [-0.3, -0.25) is 4.79 Å². The van der Waals surface area contributed by atoms with Gasteiger partial charge in [0.25, 0.3) is 6.43 Å². The molecular weight excluding hydrogens is 269 g/mol. The molecule has 0 saturated carbocycles. The van der Waals surface area contributed by atoms with Gasteiger partial charge in [0, 0.05) is 0 Å². The van der Waals surface area contributed by atoms with Crippen molar-refractivity contribution in [1.29, 1.82) is 0 Å². The predicted molar refractivity (Wildman–Crippen MR) is 56.1 cm³/mol. The Kier molecular flexibility index (Phi) is 4.79. The van der Waals surface area contributed by atoms with Gasteiger partial charge in [-0.15, -0.1) is 0 Å². The molecule has 0 aliphatic carbocycles. The number of halogens is 3. The van der Waals surface area contributed by atoms with Gasteiger partial charge in [-0.05, 0) is 16.8 Å².